The van der Waals surface area contributed by atoms with Gasteiger partial charge in [-0.1, -0.05) is 29.3 Å². The van der Waals surface area contributed by atoms with Crippen molar-refractivity contribution >= 4 is 46.7 Å². The number of rotatable bonds is 4. The molecule has 0 aliphatic carbocycles. The zero-order valence-corrected chi connectivity index (χ0v) is 17.0. The van der Waals surface area contributed by atoms with Gasteiger partial charge in [-0.2, -0.15) is 0 Å². The van der Waals surface area contributed by atoms with Crippen LogP contribution < -0.4 is 9.47 Å². The molecule has 4 rings (SSSR count). The second-order valence-corrected chi connectivity index (χ2v) is 7.28. The van der Waals surface area contributed by atoms with E-state index in [0.717, 1.165) is 0 Å². The molecule has 3 aromatic carbocycles. The highest BCUT2D eigenvalue weighted by molar-refractivity contribution is 6.42. The number of nitrogens with zero attached hydrogens (tertiary/aromatic N) is 1. The molecule has 0 fully saturated rings. The van der Waals surface area contributed by atoms with Crippen LogP contribution in [0.2, 0.25) is 10.0 Å². The van der Waals surface area contributed by atoms with Gasteiger partial charge >= 0.3 is 5.97 Å². The fourth-order valence-electron chi connectivity index (χ4n) is 2.87. The van der Waals surface area contributed by atoms with E-state index in [4.69, 9.17) is 32.7 Å². The fourth-order valence-corrected chi connectivity index (χ4v) is 3.18. The zero-order chi connectivity index (χ0) is 22.1. The Morgan fingerprint density at radius 3 is 2.42 bits per heavy atom. The fraction of sp³-hybridized carbons (Fsp3) is 0. The molecule has 1 aliphatic heterocycles. The molecule has 0 radical (unpaired) electrons. The topological polar surface area (TPSA) is 95.7 Å². The Hall–Kier alpha value is -3.68. The average Bonchev–Trinajstić information content (AvgIpc) is 3.05. The van der Waals surface area contributed by atoms with Crippen molar-refractivity contribution < 1.29 is 24.0 Å². The number of esters is 1. The third kappa shape index (κ3) is 4.28. The molecule has 0 aromatic heterocycles. The second kappa shape index (κ2) is 8.22. The van der Waals surface area contributed by atoms with Gasteiger partial charge in [0.25, 0.3) is 5.69 Å². The van der Waals surface area contributed by atoms with Gasteiger partial charge in [0, 0.05) is 18.2 Å². The van der Waals surface area contributed by atoms with Gasteiger partial charge in [-0.3, -0.25) is 14.9 Å². The maximum Gasteiger partial charge on any atom is 0.343 e. The molecule has 7 nitrogen and oxygen atoms in total. The molecule has 0 bridgehead atoms. The van der Waals surface area contributed by atoms with Crippen molar-refractivity contribution in [2.75, 3.05) is 0 Å². The highest BCUT2D eigenvalue weighted by atomic mass is 35.5. The van der Waals surface area contributed by atoms with Crippen LogP contribution in [0, 0.1) is 10.1 Å². The van der Waals surface area contributed by atoms with Crippen LogP contribution in [0.3, 0.4) is 0 Å². The van der Waals surface area contributed by atoms with E-state index >= 15 is 0 Å². The SMILES string of the molecule is O=C(Oc1ccc2c(c1)O/C(=C\c1ccc(Cl)c(Cl)c1)C2=O)c1ccc([N+](=O)[O-])cc1. The number of hydrogen-bond donors (Lipinski definition) is 0. The van der Waals surface area contributed by atoms with Crippen LogP contribution in [0.4, 0.5) is 5.69 Å². The molecule has 3 aromatic rings. The lowest BCUT2D eigenvalue weighted by molar-refractivity contribution is -0.384. The van der Waals surface area contributed by atoms with Crippen LogP contribution in [0.5, 0.6) is 11.5 Å². The molecule has 31 heavy (non-hydrogen) atoms. The molecule has 0 unspecified atom stereocenters. The van der Waals surface area contributed by atoms with Crippen molar-refractivity contribution in [3.05, 3.63) is 103 Å². The number of halogens is 2. The summed E-state index contributed by atoms with van der Waals surface area (Å²) in [6.45, 7) is 0. The molecule has 0 spiro atoms. The molecule has 9 heteroatoms. The van der Waals surface area contributed by atoms with Gasteiger partial charge in [0.15, 0.2) is 5.76 Å². The standard InChI is InChI=1S/C22H11Cl2NO6/c23-17-8-1-12(9-18(17)24)10-20-21(26)16-7-6-15(11-19(16)31-20)30-22(27)13-2-4-14(5-3-13)25(28)29/h1-11H/b20-10-. The van der Waals surface area contributed by atoms with Gasteiger partial charge in [-0.15, -0.1) is 0 Å². The van der Waals surface area contributed by atoms with Gasteiger partial charge in [0.2, 0.25) is 5.78 Å². The van der Waals surface area contributed by atoms with E-state index in [0.29, 0.717) is 21.2 Å². The Bertz CT molecular complexity index is 1270. The van der Waals surface area contributed by atoms with Crippen LogP contribution in [0.1, 0.15) is 26.3 Å². The predicted octanol–water partition coefficient (Wildman–Crippen LogP) is 5.74. The number of fused-ring (bicyclic) bond motifs is 1. The molecular formula is C22H11Cl2NO6. The minimum atomic E-state index is -0.703. The molecule has 0 atom stereocenters. The first kappa shape index (κ1) is 20.6. The summed E-state index contributed by atoms with van der Waals surface area (Å²) in [4.78, 5) is 35.0. The molecule has 1 heterocycles. The molecule has 0 saturated heterocycles. The van der Waals surface area contributed by atoms with Crippen molar-refractivity contribution in [3.8, 4) is 11.5 Å². The van der Waals surface area contributed by atoms with E-state index in [-0.39, 0.29) is 34.3 Å². The van der Waals surface area contributed by atoms with E-state index < -0.39 is 10.9 Å². The Morgan fingerprint density at radius 2 is 1.74 bits per heavy atom. The van der Waals surface area contributed by atoms with Crippen molar-refractivity contribution in [2.45, 2.75) is 0 Å². The van der Waals surface area contributed by atoms with Gasteiger partial charge in [0.1, 0.15) is 11.5 Å². The van der Waals surface area contributed by atoms with E-state index in [1.807, 2.05) is 0 Å². The van der Waals surface area contributed by atoms with Gasteiger partial charge in [0.05, 0.1) is 26.1 Å². The monoisotopic (exact) mass is 455 g/mol. The van der Waals surface area contributed by atoms with Crippen molar-refractivity contribution in [1.82, 2.24) is 0 Å². The average molecular weight is 456 g/mol. The molecule has 0 amide bonds. The minimum absolute atomic E-state index is 0.0900. The number of nitro groups is 1. The van der Waals surface area contributed by atoms with Crippen LogP contribution in [-0.4, -0.2) is 16.7 Å². The summed E-state index contributed by atoms with van der Waals surface area (Å²) in [7, 11) is 0. The number of Topliss-reactive ketones (excluding diaryl/α,β-unsaturated/α-hetero) is 1. The maximum absolute atomic E-state index is 12.6. The summed E-state index contributed by atoms with van der Waals surface area (Å²) in [5.74, 6) is -0.539. The minimum Gasteiger partial charge on any atom is -0.452 e. The molecule has 0 saturated carbocycles. The number of ether oxygens (including phenoxy) is 2. The Balaban J connectivity index is 1.52. The van der Waals surface area contributed by atoms with Gasteiger partial charge < -0.3 is 9.47 Å². The van der Waals surface area contributed by atoms with Crippen LogP contribution in [-0.2, 0) is 0 Å². The van der Waals surface area contributed by atoms with Crippen LogP contribution in [0.25, 0.3) is 6.08 Å². The Morgan fingerprint density at radius 1 is 1.00 bits per heavy atom. The summed E-state index contributed by atoms with van der Waals surface area (Å²) in [5, 5.41) is 11.5. The maximum atomic E-state index is 12.6. The second-order valence-electron chi connectivity index (χ2n) is 6.46. The number of hydrogen-bond acceptors (Lipinski definition) is 6. The third-order valence-corrected chi connectivity index (χ3v) is 5.15. The van der Waals surface area contributed by atoms with Crippen molar-refractivity contribution in [2.24, 2.45) is 0 Å². The lowest BCUT2D eigenvalue weighted by Crippen LogP contribution is -2.08. The number of ketones is 1. The van der Waals surface area contributed by atoms with E-state index in [1.165, 1.54) is 48.5 Å². The van der Waals surface area contributed by atoms with E-state index in [2.05, 4.69) is 0 Å². The summed E-state index contributed by atoms with van der Waals surface area (Å²) in [6.07, 6.45) is 1.53. The van der Waals surface area contributed by atoms with E-state index in [9.17, 15) is 19.7 Å². The molecule has 0 N–H and O–H groups in total. The number of carbonyl (C=O) groups is 2. The first-order valence-corrected chi connectivity index (χ1v) is 9.57. The van der Waals surface area contributed by atoms with Crippen molar-refractivity contribution in [1.29, 1.82) is 0 Å². The normalized spacial score (nSPS) is 13.6. The summed E-state index contributed by atoms with van der Waals surface area (Å²) in [5.41, 5.74) is 0.961. The number of non-ortho nitro benzene ring substituents is 1. The predicted molar refractivity (Wildman–Crippen MR) is 114 cm³/mol. The Kier molecular flexibility index (Phi) is 5.46. The lowest BCUT2D eigenvalue weighted by atomic mass is 10.1. The highest BCUT2D eigenvalue weighted by Crippen LogP contribution is 2.35. The lowest BCUT2D eigenvalue weighted by Gasteiger charge is -2.05. The summed E-state index contributed by atoms with van der Waals surface area (Å²) >= 11 is 11.9. The molecule has 154 valence electrons. The van der Waals surface area contributed by atoms with Crippen molar-refractivity contribution in [3.63, 3.8) is 0 Å². The molecule has 1 aliphatic rings. The van der Waals surface area contributed by atoms with E-state index in [1.54, 1.807) is 18.2 Å². The van der Waals surface area contributed by atoms with Crippen LogP contribution >= 0.6 is 23.2 Å². The smallest absolute Gasteiger partial charge is 0.343 e. The number of carbonyl (C=O) groups excluding carboxylic acids is 2. The largest absolute Gasteiger partial charge is 0.452 e. The first-order chi connectivity index (χ1) is 14.8. The third-order valence-electron chi connectivity index (χ3n) is 4.41. The number of benzene rings is 3. The van der Waals surface area contributed by atoms with Gasteiger partial charge in [-0.25, -0.2) is 4.79 Å². The first-order valence-electron chi connectivity index (χ1n) is 8.82. The number of allylic oxidation sites excluding steroid dienone is 1. The zero-order valence-electron chi connectivity index (χ0n) is 15.5. The quantitative estimate of drug-likeness (QED) is 0.163. The summed E-state index contributed by atoms with van der Waals surface area (Å²) < 4.78 is 10.9. The molecular weight excluding hydrogens is 445 g/mol. The highest BCUT2D eigenvalue weighted by Gasteiger charge is 2.28. The van der Waals surface area contributed by atoms with Gasteiger partial charge in [-0.05, 0) is 48.0 Å². The van der Waals surface area contributed by atoms with Crippen LogP contribution in [0.15, 0.2) is 66.4 Å². The summed E-state index contributed by atoms with van der Waals surface area (Å²) in [6, 6.07) is 14.3. The Labute approximate surface area is 185 Å². The number of nitro benzene ring substituents is 1.